The van der Waals surface area contributed by atoms with Crippen LogP contribution in [0.1, 0.15) is 0 Å². The first-order chi connectivity index (χ1) is 10.4. The first kappa shape index (κ1) is 13.5. The first-order valence-electron chi connectivity index (χ1n) is 6.67. The van der Waals surface area contributed by atoms with Gasteiger partial charge in [0, 0.05) is 22.5 Å². The normalized spacial score (nSPS) is 9.90. The fourth-order valence-corrected chi connectivity index (χ4v) is 2.54. The quantitative estimate of drug-likeness (QED) is 0.490. The van der Waals surface area contributed by atoms with E-state index < -0.39 is 0 Å². The third kappa shape index (κ3) is 3.52. The van der Waals surface area contributed by atoms with Gasteiger partial charge in [0.1, 0.15) is 0 Å². The molecule has 2 aromatic heterocycles. The fourth-order valence-electron chi connectivity index (χ4n) is 1.98. The first-order valence-corrected chi connectivity index (χ1v) is 7.61. The van der Waals surface area contributed by atoms with Crippen LogP contribution >= 0.6 is 11.3 Å². The molecule has 0 atom stereocenters. The third-order valence-corrected chi connectivity index (χ3v) is 3.60. The third-order valence-electron chi connectivity index (χ3n) is 3.01. The molecule has 0 spiro atoms. The Kier molecular flexibility index (Phi) is 4.34. The van der Waals surface area contributed by atoms with Gasteiger partial charge in [0.2, 0.25) is 0 Å². The minimum Gasteiger partial charge on any atom is -0.256 e. The lowest BCUT2D eigenvalue weighted by atomic mass is 10.2. The predicted molar refractivity (Wildman–Crippen MR) is 89.3 cm³/mol. The summed E-state index contributed by atoms with van der Waals surface area (Å²) in [6, 6.07) is 22.3. The molecule has 0 N–H and O–H groups in total. The van der Waals surface area contributed by atoms with Crippen molar-refractivity contribution in [3.8, 4) is 11.3 Å². The summed E-state index contributed by atoms with van der Waals surface area (Å²) in [5, 5.41) is 3.25. The van der Waals surface area contributed by atoms with Crippen molar-refractivity contribution in [2.75, 3.05) is 0 Å². The molecule has 102 valence electrons. The molecule has 3 heteroatoms. The van der Waals surface area contributed by atoms with Gasteiger partial charge in [-0.1, -0.05) is 54.6 Å². The SMILES string of the molecule is c1ccc(-c2cscn2)cc1.c1ccc2ncccc2c1. The minimum absolute atomic E-state index is 1.06. The van der Waals surface area contributed by atoms with Crippen LogP contribution in [0.2, 0.25) is 0 Å². The van der Waals surface area contributed by atoms with E-state index in [0.717, 1.165) is 11.2 Å². The number of para-hydroxylation sites is 1. The van der Waals surface area contributed by atoms with E-state index in [2.05, 4.69) is 39.6 Å². The number of thiazole rings is 1. The molecule has 21 heavy (non-hydrogen) atoms. The van der Waals surface area contributed by atoms with E-state index in [1.807, 2.05) is 54.2 Å². The van der Waals surface area contributed by atoms with Crippen LogP contribution in [0.5, 0.6) is 0 Å². The van der Waals surface area contributed by atoms with E-state index in [-0.39, 0.29) is 0 Å². The van der Waals surface area contributed by atoms with Gasteiger partial charge in [-0.15, -0.1) is 11.3 Å². The van der Waals surface area contributed by atoms with Gasteiger partial charge in [-0.3, -0.25) is 4.98 Å². The maximum Gasteiger partial charge on any atom is 0.0811 e. The Hall–Kier alpha value is -2.52. The Balaban J connectivity index is 0.000000126. The van der Waals surface area contributed by atoms with Crippen molar-refractivity contribution in [2.45, 2.75) is 0 Å². The molecule has 2 heterocycles. The van der Waals surface area contributed by atoms with Crippen molar-refractivity contribution in [3.05, 3.63) is 83.8 Å². The number of fused-ring (bicyclic) bond motifs is 1. The number of nitrogens with zero attached hydrogens (tertiary/aromatic N) is 2. The number of benzene rings is 2. The molecule has 0 amide bonds. The Labute approximate surface area is 127 Å². The number of hydrogen-bond donors (Lipinski definition) is 0. The largest absolute Gasteiger partial charge is 0.256 e. The summed E-state index contributed by atoms with van der Waals surface area (Å²) in [7, 11) is 0. The lowest BCUT2D eigenvalue weighted by Gasteiger charge is -1.92. The van der Waals surface area contributed by atoms with E-state index >= 15 is 0 Å². The second kappa shape index (κ2) is 6.77. The molecular weight excluding hydrogens is 276 g/mol. The standard InChI is InChI=1S/C9H7NS.C9H7N/c1-2-4-8(5-3-1)9-6-11-7-10-9;1-2-6-9-8(4-1)5-3-7-10-9/h1-7H;1-7H. The average molecular weight is 290 g/mol. The topological polar surface area (TPSA) is 25.8 Å². The van der Waals surface area contributed by atoms with Crippen molar-refractivity contribution in [1.82, 2.24) is 9.97 Å². The highest BCUT2D eigenvalue weighted by Gasteiger charge is 1.95. The van der Waals surface area contributed by atoms with Gasteiger partial charge in [0.05, 0.1) is 16.7 Å². The molecule has 0 bridgehead atoms. The maximum absolute atomic E-state index is 4.20. The van der Waals surface area contributed by atoms with E-state index in [4.69, 9.17) is 0 Å². The van der Waals surface area contributed by atoms with Gasteiger partial charge in [-0.25, -0.2) is 4.98 Å². The van der Waals surface area contributed by atoms with Crippen LogP contribution in [-0.2, 0) is 0 Å². The van der Waals surface area contributed by atoms with Crippen LogP contribution in [0, 0.1) is 0 Å². The summed E-state index contributed by atoms with van der Waals surface area (Å²) in [4.78, 5) is 8.39. The second-order valence-electron chi connectivity index (χ2n) is 4.44. The highest BCUT2D eigenvalue weighted by molar-refractivity contribution is 7.07. The molecule has 0 radical (unpaired) electrons. The molecule has 0 saturated carbocycles. The van der Waals surface area contributed by atoms with E-state index in [9.17, 15) is 0 Å². The number of aromatic nitrogens is 2. The van der Waals surface area contributed by atoms with Gasteiger partial charge in [0.15, 0.2) is 0 Å². The van der Waals surface area contributed by atoms with E-state index in [1.165, 1.54) is 10.9 Å². The van der Waals surface area contributed by atoms with E-state index in [1.54, 1.807) is 11.3 Å². The Morgan fingerprint density at radius 1 is 0.714 bits per heavy atom. The van der Waals surface area contributed by atoms with Crippen LogP contribution in [0.15, 0.2) is 83.8 Å². The molecular formula is C18H14N2S. The highest BCUT2D eigenvalue weighted by Crippen LogP contribution is 2.17. The zero-order chi connectivity index (χ0) is 14.3. The zero-order valence-electron chi connectivity index (χ0n) is 11.4. The number of rotatable bonds is 1. The summed E-state index contributed by atoms with van der Waals surface area (Å²) < 4.78 is 0. The zero-order valence-corrected chi connectivity index (χ0v) is 12.2. The van der Waals surface area contributed by atoms with Gasteiger partial charge in [-0.2, -0.15) is 0 Å². The Morgan fingerprint density at radius 3 is 2.24 bits per heavy atom. The van der Waals surface area contributed by atoms with Crippen LogP contribution in [0.3, 0.4) is 0 Å². The molecule has 0 aliphatic rings. The van der Waals surface area contributed by atoms with Gasteiger partial charge < -0.3 is 0 Å². The maximum atomic E-state index is 4.20. The summed E-state index contributed by atoms with van der Waals surface area (Å²) in [5.74, 6) is 0. The van der Waals surface area contributed by atoms with Crippen molar-refractivity contribution in [1.29, 1.82) is 0 Å². The molecule has 2 nitrogen and oxygen atoms in total. The Bertz CT molecular complexity index is 730. The molecule has 0 unspecified atom stereocenters. The summed E-state index contributed by atoms with van der Waals surface area (Å²) >= 11 is 1.62. The summed E-state index contributed by atoms with van der Waals surface area (Å²) in [5.41, 5.74) is 5.16. The fraction of sp³-hybridized carbons (Fsp3) is 0. The van der Waals surface area contributed by atoms with Crippen molar-refractivity contribution >= 4 is 22.2 Å². The van der Waals surface area contributed by atoms with Gasteiger partial charge in [0.25, 0.3) is 0 Å². The molecule has 0 saturated heterocycles. The lowest BCUT2D eigenvalue weighted by Crippen LogP contribution is -1.73. The van der Waals surface area contributed by atoms with Gasteiger partial charge >= 0.3 is 0 Å². The van der Waals surface area contributed by atoms with Crippen molar-refractivity contribution in [3.63, 3.8) is 0 Å². The Morgan fingerprint density at radius 2 is 1.48 bits per heavy atom. The molecule has 0 fully saturated rings. The minimum atomic E-state index is 1.06. The average Bonchev–Trinajstić information content (AvgIpc) is 3.11. The highest BCUT2D eigenvalue weighted by atomic mass is 32.1. The smallest absolute Gasteiger partial charge is 0.0811 e. The van der Waals surface area contributed by atoms with Crippen LogP contribution in [0.25, 0.3) is 22.2 Å². The molecule has 4 rings (SSSR count). The summed E-state index contributed by atoms with van der Waals surface area (Å²) in [6.45, 7) is 0. The van der Waals surface area contributed by atoms with Gasteiger partial charge in [-0.05, 0) is 12.1 Å². The van der Waals surface area contributed by atoms with Crippen molar-refractivity contribution in [2.24, 2.45) is 0 Å². The molecule has 0 aliphatic carbocycles. The predicted octanol–water partition coefficient (Wildman–Crippen LogP) is 5.04. The molecule has 2 aromatic carbocycles. The van der Waals surface area contributed by atoms with Crippen LogP contribution < -0.4 is 0 Å². The van der Waals surface area contributed by atoms with E-state index in [0.29, 0.717) is 0 Å². The monoisotopic (exact) mass is 290 g/mol. The molecule has 0 aliphatic heterocycles. The number of hydrogen-bond acceptors (Lipinski definition) is 3. The lowest BCUT2D eigenvalue weighted by molar-refractivity contribution is 1.41. The summed E-state index contributed by atoms with van der Waals surface area (Å²) in [6.07, 6.45) is 1.81. The molecule has 4 aromatic rings. The van der Waals surface area contributed by atoms with Crippen LogP contribution in [0.4, 0.5) is 0 Å². The number of pyridine rings is 1. The van der Waals surface area contributed by atoms with Crippen LogP contribution in [-0.4, -0.2) is 9.97 Å². The van der Waals surface area contributed by atoms with Crippen molar-refractivity contribution < 1.29 is 0 Å². The second-order valence-corrected chi connectivity index (χ2v) is 5.15.